The number of nitrogens with zero attached hydrogens (tertiary/aromatic N) is 1. The molecule has 1 aliphatic rings. The maximum absolute atomic E-state index is 11.3. The molecule has 84 valence electrons. The summed E-state index contributed by atoms with van der Waals surface area (Å²) in [5.41, 5.74) is 0.791. The van der Waals surface area contributed by atoms with Gasteiger partial charge in [0.1, 0.15) is 11.9 Å². The maximum Gasteiger partial charge on any atom is 0.249 e. The molecule has 16 heavy (non-hydrogen) atoms. The second kappa shape index (κ2) is 4.44. The number of halogens is 2. The number of hydrogen-bond donors (Lipinski definition) is 1. The van der Waals surface area contributed by atoms with E-state index in [1.165, 1.54) is 0 Å². The molecule has 5 heteroatoms. The van der Waals surface area contributed by atoms with Crippen molar-refractivity contribution in [3.05, 3.63) is 33.8 Å². The van der Waals surface area contributed by atoms with Crippen LogP contribution in [0.25, 0.3) is 0 Å². The fourth-order valence-corrected chi connectivity index (χ4v) is 2.06. The van der Waals surface area contributed by atoms with Gasteiger partial charge in [-0.05, 0) is 24.6 Å². The number of nitrogens with one attached hydrogen (secondary N) is 1. The summed E-state index contributed by atoms with van der Waals surface area (Å²) < 4.78 is 0. The van der Waals surface area contributed by atoms with Crippen LogP contribution in [0, 0.1) is 0 Å². The highest BCUT2D eigenvalue weighted by atomic mass is 35.5. The Bertz CT molecular complexity index is 451. The Hall–Kier alpha value is -1.06. The van der Waals surface area contributed by atoms with Gasteiger partial charge in [-0.1, -0.05) is 29.3 Å². The number of amides is 1. The first kappa shape index (κ1) is 11.4. The molecule has 1 aromatic rings. The first-order valence-electron chi connectivity index (χ1n) is 4.88. The summed E-state index contributed by atoms with van der Waals surface area (Å²) in [4.78, 5) is 15.4. The van der Waals surface area contributed by atoms with Crippen molar-refractivity contribution in [1.82, 2.24) is 5.32 Å². The third-order valence-electron chi connectivity index (χ3n) is 2.40. The topological polar surface area (TPSA) is 41.5 Å². The molecule has 0 aromatic heterocycles. The van der Waals surface area contributed by atoms with Crippen LogP contribution < -0.4 is 5.32 Å². The summed E-state index contributed by atoms with van der Waals surface area (Å²) in [7, 11) is 0. The molecule has 1 heterocycles. The van der Waals surface area contributed by atoms with Gasteiger partial charge in [-0.15, -0.1) is 0 Å². The molecule has 0 saturated heterocycles. The van der Waals surface area contributed by atoms with Crippen LogP contribution in [0.3, 0.4) is 0 Å². The average Bonchev–Trinajstić information content (AvgIpc) is 2.53. The van der Waals surface area contributed by atoms with E-state index in [-0.39, 0.29) is 11.9 Å². The van der Waals surface area contributed by atoms with Gasteiger partial charge in [-0.3, -0.25) is 9.79 Å². The van der Waals surface area contributed by atoms with E-state index in [9.17, 15) is 4.79 Å². The third-order valence-corrected chi connectivity index (χ3v) is 3.11. The Morgan fingerprint density at radius 2 is 2.00 bits per heavy atom. The Morgan fingerprint density at radius 3 is 2.50 bits per heavy atom. The van der Waals surface area contributed by atoms with E-state index in [0.29, 0.717) is 22.3 Å². The van der Waals surface area contributed by atoms with E-state index in [2.05, 4.69) is 10.3 Å². The number of aliphatic imine (C=N–C) groups is 1. The van der Waals surface area contributed by atoms with Crippen LogP contribution >= 0.6 is 23.2 Å². The second-order valence-electron chi connectivity index (χ2n) is 3.62. The molecule has 1 aliphatic heterocycles. The lowest BCUT2D eigenvalue weighted by Crippen LogP contribution is -2.28. The molecule has 1 N–H and O–H groups in total. The van der Waals surface area contributed by atoms with Crippen molar-refractivity contribution in [2.45, 2.75) is 19.4 Å². The number of rotatable bonds is 2. The molecule has 1 atom stereocenters. The zero-order valence-corrected chi connectivity index (χ0v) is 10.1. The Morgan fingerprint density at radius 1 is 1.38 bits per heavy atom. The summed E-state index contributed by atoms with van der Waals surface area (Å²) in [5.74, 6) is 0.533. The van der Waals surface area contributed by atoms with E-state index in [1.54, 1.807) is 25.1 Å². The summed E-state index contributed by atoms with van der Waals surface area (Å²) in [5, 5.41) is 3.87. The average molecular weight is 257 g/mol. The SMILES string of the molecule is CC1N=C(Cc2c(Cl)cccc2Cl)NC1=O. The molecule has 0 spiro atoms. The molecule has 1 amide bonds. The lowest BCUT2D eigenvalue weighted by molar-refractivity contribution is -0.119. The van der Waals surface area contributed by atoms with Gasteiger partial charge in [0.25, 0.3) is 0 Å². The molecular weight excluding hydrogens is 247 g/mol. The zero-order chi connectivity index (χ0) is 11.7. The van der Waals surface area contributed by atoms with E-state index >= 15 is 0 Å². The Labute approximate surface area is 103 Å². The number of carbonyl (C=O) groups excluding carboxylic acids is 1. The molecule has 0 radical (unpaired) electrons. The monoisotopic (exact) mass is 256 g/mol. The molecular formula is C11H10Cl2N2O. The first-order valence-corrected chi connectivity index (χ1v) is 5.64. The van der Waals surface area contributed by atoms with E-state index in [1.807, 2.05) is 0 Å². The highest BCUT2D eigenvalue weighted by molar-refractivity contribution is 6.36. The largest absolute Gasteiger partial charge is 0.312 e. The van der Waals surface area contributed by atoms with Gasteiger partial charge in [-0.2, -0.15) is 0 Å². The standard InChI is InChI=1S/C11H10Cl2N2O/c1-6-11(16)15-10(14-6)5-7-8(12)3-2-4-9(7)13/h2-4,6H,5H2,1H3,(H,14,15,16). The van der Waals surface area contributed by atoms with Gasteiger partial charge in [0, 0.05) is 16.5 Å². The van der Waals surface area contributed by atoms with Gasteiger partial charge in [0.2, 0.25) is 5.91 Å². The fourth-order valence-electron chi connectivity index (χ4n) is 1.53. The summed E-state index contributed by atoms with van der Waals surface area (Å²) >= 11 is 12.1. The van der Waals surface area contributed by atoms with Crippen LogP contribution in [0.5, 0.6) is 0 Å². The Kier molecular flexibility index (Phi) is 3.17. The van der Waals surface area contributed by atoms with Crippen molar-refractivity contribution in [3.63, 3.8) is 0 Å². The van der Waals surface area contributed by atoms with Crippen LogP contribution in [0.2, 0.25) is 10.0 Å². The highest BCUT2D eigenvalue weighted by Crippen LogP contribution is 2.25. The molecule has 0 saturated carbocycles. The molecule has 0 fully saturated rings. The molecule has 0 bridgehead atoms. The van der Waals surface area contributed by atoms with Gasteiger partial charge >= 0.3 is 0 Å². The van der Waals surface area contributed by atoms with Crippen LogP contribution in [-0.4, -0.2) is 17.8 Å². The quantitative estimate of drug-likeness (QED) is 0.868. The minimum absolute atomic E-state index is 0.0850. The highest BCUT2D eigenvalue weighted by Gasteiger charge is 2.22. The van der Waals surface area contributed by atoms with Gasteiger partial charge in [0.15, 0.2) is 0 Å². The van der Waals surface area contributed by atoms with E-state index in [0.717, 1.165) is 5.56 Å². The summed E-state index contributed by atoms with van der Waals surface area (Å²) in [6.45, 7) is 1.75. The minimum atomic E-state index is -0.323. The first-order chi connectivity index (χ1) is 7.58. The molecule has 3 nitrogen and oxygen atoms in total. The molecule has 2 rings (SSSR count). The van der Waals surface area contributed by atoms with Crippen LogP contribution in [0.1, 0.15) is 12.5 Å². The van der Waals surface area contributed by atoms with Crippen molar-refractivity contribution < 1.29 is 4.79 Å². The lowest BCUT2D eigenvalue weighted by atomic mass is 10.1. The summed E-state index contributed by atoms with van der Waals surface area (Å²) in [6.07, 6.45) is 0.453. The predicted octanol–water partition coefficient (Wildman–Crippen LogP) is 2.45. The van der Waals surface area contributed by atoms with Crippen LogP contribution in [0.4, 0.5) is 0 Å². The van der Waals surface area contributed by atoms with Crippen molar-refractivity contribution in [2.75, 3.05) is 0 Å². The normalized spacial score (nSPS) is 19.6. The number of carbonyl (C=O) groups is 1. The summed E-state index contributed by atoms with van der Waals surface area (Å²) in [6, 6.07) is 5.00. The number of benzene rings is 1. The van der Waals surface area contributed by atoms with E-state index in [4.69, 9.17) is 23.2 Å². The second-order valence-corrected chi connectivity index (χ2v) is 4.43. The minimum Gasteiger partial charge on any atom is -0.312 e. The van der Waals surface area contributed by atoms with Crippen molar-refractivity contribution in [1.29, 1.82) is 0 Å². The van der Waals surface area contributed by atoms with Crippen LogP contribution in [-0.2, 0) is 11.2 Å². The van der Waals surface area contributed by atoms with Crippen molar-refractivity contribution >= 4 is 34.9 Å². The smallest absolute Gasteiger partial charge is 0.249 e. The number of hydrogen-bond acceptors (Lipinski definition) is 2. The molecule has 1 aromatic carbocycles. The van der Waals surface area contributed by atoms with Crippen molar-refractivity contribution in [3.8, 4) is 0 Å². The fraction of sp³-hybridized carbons (Fsp3) is 0.273. The van der Waals surface area contributed by atoms with Gasteiger partial charge in [-0.25, -0.2) is 0 Å². The third kappa shape index (κ3) is 2.20. The maximum atomic E-state index is 11.3. The van der Waals surface area contributed by atoms with Crippen molar-refractivity contribution in [2.24, 2.45) is 4.99 Å². The number of amidine groups is 1. The van der Waals surface area contributed by atoms with Gasteiger partial charge < -0.3 is 5.32 Å². The van der Waals surface area contributed by atoms with Crippen LogP contribution in [0.15, 0.2) is 23.2 Å². The van der Waals surface area contributed by atoms with Gasteiger partial charge in [0.05, 0.1) is 0 Å². The zero-order valence-electron chi connectivity index (χ0n) is 8.63. The molecule has 0 aliphatic carbocycles. The lowest BCUT2D eigenvalue weighted by Gasteiger charge is -2.06. The van der Waals surface area contributed by atoms with E-state index < -0.39 is 0 Å². The Balaban J connectivity index is 2.22. The molecule has 1 unspecified atom stereocenters. The predicted molar refractivity (Wildman–Crippen MR) is 65.2 cm³/mol.